The van der Waals surface area contributed by atoms with Crippen molar-refractivity contribution in [2.75, 3.05) is 5.32 Å². The van der Waals surface area contributed by atoms with Gasteiger partial charge in [-0.05, 0) is 24.1 Å². The largest absolute Gasteiger partial charge is 0.324 e. The normalized spacial score (nSPS) is 17.8. The summed E-state index contributed by atoms with van der Waals surface area (Å²) in [6.45, 7) is 1.88. The maximum Gasteiger partial charge on any atom is 0.239 e. The van der Waals surface area contributed by atoms with Gasteiger partial charge < -0.3 is 5.32 Å². The summed E-state index contributed by atoms with van der Waals surface area (Å²) in [4.78, 5) is 24.7. The van der Waals surface area contributed by atoms with Crippen molar-refractivity contribution in [3.8, 4) is 0 Å². The molecule has 3 rings (SSSR count). The fraction of sp³-hybridized carbons (Fsp3) is 0.125. The molecule has 94 valence electrons. The summed E-state index contributed by atoms with van der Waals surface area (Å²) in [5.41, 5.74) is 2.88. The van der Waals surface area contributed by atoms with Crippen LogP contribution < -0.4 is 5.32 Å². The van der Waals surface area contributed by atoms with Gasteiger partial charge in [0.1, 0.15) is 5.92 Å². The molecule has 1 amide bonds. The summed E-state index contributed by atoms with van der Waals surface area (Å²) in [5, 5.41) is 2.85. The molecule has 1 atom stereocenters. The van der Waals surface area contributed by atoms with E-state index < -0.39 is 5.92 Å². The molecule has 2 aromatic carbocycles. The number of carbonyl (C=O) groups excluding carboxylic acids is 2. The SMILES string of the molecule is Cc1cccc2c1NC(=O)[C@H](c1ccccc1)C2=O. The van der Waals surface area contributed by atoms with Crippen molar-refractivity contribution in [3.63, 3.8) is 0 Å². The molecule has 2 aromatic rings. The first kappa shape index (κ1) is 11.7. The Balaban J connectivity index is 2.12. The van der Waals surface area contributed by atoms with Crippen molar-refractivity contribution < 1.29 is 9.59 Å². The van der Waals surface area contributed by atoms with E-state index in [1.807, 2.05) is 49.4 Å². The Morgan fingerprint density at radius 3 is 2.42 bits per heavy atom. The first-order chi connectivity index (χ1) is 9.18. The van der Waals surface area contributed by atoms with Gasteiger partial charge in [-0.15, -0.1) is 0 Å². The second-order valence-electron chi connectivity index (χ2n) is 4.69. The second-order valence-corrected chi connectivity index (χ2v) is 4.69. The van der Waals surface area contributed by atoms with E-state index in [9.17, 15) is 9.59 Å². The molecule has 0 aliphatic carbocycles. The Kier molecular flexibility index (Phi) is 2.67. The summed E-state index contributed by atoms with van der Waals surface area (Å²) in [5.74, 6) is -1.12. The number of rotatable bonds is 1. The van der Waals surface area contributed by atoms with Crippen LogP contribution in [0.15, 0.2) is 48.5 Å². The Hall–Kier alpha value is -2.42. The van der Waals surface area contributed by atoms with E-state index in [1.54, 1.807) is 6.07 Å². The minimum absolute atomic E-state index is 0.131. The zero-order valence-electron chi connectivity index (χ0n) is 10.5. The zero-order chi connectivity index (χ0) is 13.4. The summed E-state index contributed by atoms with van der Waals surface area (Å²) < 4.78 is 0. The molecule has 0 saturated heterocycles. The number of amides is 1. The van der Waals surface area contributed by atoms with Gasteiger partial charge in [-0.2, -0.15) is 0 Å². The molecule has 1 aliphatic heterocycles. The van der Waals surface area contributed by atoms with Gasteiger partial charge in [0.15, 0.2) is 5.78 Å². The minimum atomic E-state index is -0.740. The number of anilines is 1. The number of hydrogen-bond acceptors (Lipinski definition) is 2. The zero-order valence-corrected chi connectivity index (χ0v) is 10.5. The van der Waals surface area contributed by atoms with Gasteiger partial charge in [-0.1, -0.05) is 42.5 Å². The number of fused-ring (bicyclic) bond motifs is 1. The molecule has 0 spiro atoms. The van der Waals surface area contributed by atoms with Gasteiger partial charge in [0.05, 0.1) is 5.69 Å². The predicted octanol–water partition coefficient (Wildman–Crippen LogP) is 2.91. The summed E-state index contributed by atoms with van der Waals surface area (Å²) in [6.07, 6.45) is 0. The van der Waals surface area contributed by atoms with Crippen LogP contribution in [-0.4, -0.2) is 11.7 Å². The quantitative estimate of drug-likeness (QED) is 0.792. The number of benzene rings is 2. The molecule has 1 N–H and O–H groups in total. The van der Waals surface area contributed by atoms with Crippen LogP contribution in [0.2, 0.25) is 0 Å². The fourth-order valence-corrected chi connectivity index (χ4v) is 2.46. The van der Waals surface area contributed by atoms with E-state index in [2.05, 4.69) is 5.32 Å². The lowest BCUT2D eigenvalue weighted by molar-refractivity contribution is -0.116. The lowest BCUT2D eigenvalue weighted by atomic mass is 9.85. The van der Waals surface area contributed by atoms with E-state index in [0.29, 0.717) is 11.3 Å². The Morgan fingerprint density at radius 2 is 1.68 bits per heavy atom. The topological polar surface area (TPSA) is 46.2 Å². The molecule has 0 radical (unpaired) electrons. The highest BCUT2D eigenvalue weighted by atomic mass is 16.2. The van der Waals surface area contributed by atoms with Crippen LogP contribution in [0.25, 0.3) is 0 Å². The van der Waals surface area contributed by atoms with Gasteiger partial charge in [0.25, 0.3) is 0 Å². The van der Waals surface area contributed by atoms with E-state index in [1.165, 1.54) is 0 Å². The fourth-order valence-electron chi connectivity index (χ4n) is 2.46. The minimum Gasteiger partial charge on any atom is -0.324 e. The molecular weight excluding hydrogens is 238 g/mol. The number of carbonyl (C=O) groups is 2. The first-order valence-electron chi connectivity index (χ1n) is 6.18. The second kappa shape index (κ2) is 4.35. The van der Waals surface area contributed by atoms with Gasteiger partial charge in [-0.25, -0.2) is 0 Å². The summed E-state index contributed by atoms with van der Waals surface area (Å²) in [6, 6.07) is 14.6. The van der Waals surface area contributed by atoms with E-state index >= 15 is 0 Å². The van der Waals surface area contributed by atoms with Crippen LogP contribution in [0.1, 0.15) is 27.4 Å². The van der Waals surface area contributed by atoms with Crippen LogP contribution in [-0.2, 0) is 4.79 Å². The third kappa shape index (κ3) is 1.83. The number of ketones is 1. The van der Waals surface area contributed by atoms with Gasteiger partial charge in [-0.3, -0.25) is 9.59 Å². The molecule has 0 bridgehead atoms. The Bertz CT molecular complexity index is 662. The number of hydrogen-bond donors (Lipinski definition) is 1. The summed E-state index contributed by atoms with van der Waals surface area (Å²) >= 11 is 0. The Morgan fingerprint density at radius 1 is 0.947 bits per heavy atom. The lowest BCUT2D eigenvalue weighted by Crippen LogP contribution is -2.33. The third-order valence-electron chi connectivity index (χ3n) is 3.44. The molecule has 3 nitrogen and oxygen atoms in total. The lowest BCUT2D eigenvalue weighted by Gasteiger charge is -2.24. The summed E-state index contributed by atoms with van der Waals surface area (Å²) in [7, 11) is 0. The Labute approximate surface area is 111 Å². The average Bonchev–Trinajstić information content (AvgIpc) is 2.41. The predicted molar refractivity (Wildman–Crippen MR) is 73.3 cm³/mol. The van der Waals surface area contributed by atoms with Gasteiger partial charge in [0.2, 0.25) is 5.91 Å². The highest BCUT2D eigenvalue weighted by Crippen LogP contribution is 2.33. The van der Waals surface area contributed by atoms with E-state index in [0.717, 1.165) is 11.1 Å². The molecule has 0 unspecified atom stereocenters. The van der Waals surface area contributed by atoms with Crippen LogP contribution >= 0.6 is 0 Å². The first-order valence-corrected chi connectivity index (χ1v) is 6.18. The molecule has 0 fully saturated rings. The van der Waals surface area contributed by atoms with Crippen molar-refractivity contribution in [1.29, 1.82) is 0 Å². The third-order valence-corrected chi connectivity index (χ3v) is 3.44. The number of nitrogens with one attached hydrogen (secondary N) is 1. The van der Waals surface area contributed by atoms with Crippen LogP contribution in [0.4, 0.5) is 5.69 Å². The number of para-hydroxylation sites is 1. The van der Waals surface area contributed by atoms with Crippen molar-refractivity contribution in [3.05, 3.63) is 65.2 Å². The van der Waals surface area contributed by atoms with Crippen LogP contribution in [0, 0.1) is 6.92 Å². The molecular formula is C16H13NO2. The molecule has 0 aromatic heterocycles. The highest BCUT2D eigenvalue weighted by Gasteiger charge is 2.35. The van der Waals surface area contributed by atoms with Gasteiger partial charge >= 0.3 is 0 Å². The molecule has 3 heteroatoms. The maximum absolute atomic E-state index is 12.5. The van der Waals surface area contributed by atoms with E-state index in [4.69, 9.17) is 0 Å². The van der Waals surface area contributed by atoms with Crippen LogP contribution in [0.3, 0.4) is 0 Å². The maximum atomic E-state index is 12.5. The van der Waals surface area contributed by atoms with Crippen molar-refractivity contribution in [1.82, 2.24) is 0 Å². The molecule has 1 heterocycles. The number of aryl methyl sites for hydroxylation is 1. The number of Topliss-reactive ketones (excluding diaryl/α,β-unsaturated/α-hetero) is 1. The van der Waals surface area contributed by atoms with Gasteiger partial charge in [0, 0.05) is 5.56 Å². The van der Waals surface area contributed by atoms with Crippen molar-refractivity contribution in [2.24, 2.45) is 0 Å². The molecule has 0 saturated carbocycles. The molecule has 1 aliphatic rings. The van der Waals surface area contributed by atoms with Crippen molar-refractivity contribution >= 4 is 17.4 Å². The standard InChI is InChI=1S/C16H13NO2/c1-10-6-5-9-12-14(10)17-16(19)13(15(12)18)11-7-3-2-4-8-11/h2-9,13H,1H3,(H,17,19)/t13-/m1/s1. The highest BCUT2D eigenvalue weighted by molar-refractivity contribution is 6.24. The van der Waals surface area contributed by atoms with Crippen molar-refractivity contribution in [2.45, 2.75) is 12.8 Å². The monoisotopic (exact) mass is 251 g/mol. The average molecular weight is 251 g/mol. The molecule has 19 heavy (non-hydrogen) atoms. The van der Waals surface area contributed by atoms with E-state index in [-0.39, 0.29) is 11.7 Å². The smallest absolute Gasteiger partial charge is 0.239 e. The van der Waals surface area contributed by atoms with Crippen LogP contribution in [0.5, 0.6) is 0 Å².